The third-order valence-electron chi connectivity index (χ3n) is 3.98. The molecule has 0 bridgehead atoms. The molecule has 1 aromatic carbocycles. The van der Waals surface area contributed by atoms with E-state index >= 15 is 0 Å². The molecule has 132 valence electrons. The zero-order valence-corrected chi connectivity index (χ0v) is 14.9. The van der Waals surface area contributed by atoms with Gasteiger partial charge in [0.1, 0.15) is 5.60 Å². The number of anilines is 1. The maximum Gasteiger partial charge on any atom is 0.415 e. The normalized spacial score (nSPS) is 16.6. The van der Waals surface area contributed by atoms with E-state index in [0.29, 0.717) is 13.2 Å². The molecular formula is C20H24N2O3. The highest BCUT2D eigenvalue weighted by Crippen LogP contribution is 2.32. The van der Waals surface area contributed by atoms with E-state index in [2.05, 4.69) is 4.98 Å². The first-order valence-corrected chi connectivity index (χ1v) is 8.51. The van der Waals surface area contributed by atoms with Gasteiger partial charge < -0.3 is 9.47 Å². The highest BCUT2D eigenvalue weighted by atomic mass is 16.6. The van der Waals surface area contributed by atoms with E-state index in [9.17, 15) is 4.79 Å². The molecule has 0 radical (unpaired) electrons. The van der Waals surface area contributed by atoms with E-state index < -0.39 is 5.60 Å². The zero-order chi connectivity index (χ0) is 17.9. The Kier molecular flexibility index (Phi) is 5.04. The molecule has 1 aliphatic heterocycles. The van der Waals surface area contributed by atoms with Crippen molar-refractivity contribution in [2.45, 2.75) is 45.4 Å². The molecule has 3 rings (SSSR count). The van der Waals surface area contributed by atoms with Gasteiger partial charge >= 0.3 is 6.09 Å². The van der Waals surface area contributed by atoms with Gasteiger partial charge in [0, 0.05) is 6.20 Å². The van der Waals surface area contributed by atoms with Gasteiger partial charge in [-0.05, 0) is 44.4 Å². The number of rotatable bonds is 4. The van der Waals surface area contributed by atoms with E-state index in [1.165, 1.54) is 0 Å². The molecule has 1 atom stereocenters. The van der Waals surface area contributed by atoms with Crippen molar-refractivity contribution in [3.05, 3.63) is 59.9 Å². The summed E-state index contributed by atoms with van der Waals surface area (Å²) in [5, 5.41) is 0. The van der Waals surface area contributed by atoms with Crippen LogP contribution in [0.3, 0.4) is 0 Å². The van der Waals surface area contributed by atoms with Crippen LogP contribution in [0.4, 0.5) is 10.5 Å². The van der Waals surface area contributed by atoms with E-state index in [-0.39, 0.29) is 12.1 Å². The van der Waals surface area contributed by atoms with Crippen LogP contribution >= 0.6 is 0 Å². The molecule has 0 aliphatic carbocycles. The van der Waals surface area contributed by atoms with Crippen molar-refractivity contribution in [1.82, 2.24) is 4.98 Å². The molecule has 5 heteroatoms. The maximum absolute atomic E-state index is 12.7. The molecule has 0 unspecified atom stereocenters. The maximum atomic E-state index is 12.7. The van der Waals surface area contributed by atoms with Crippen LogP contribution in [0.15, 0.2) is 48.8 Å². The predicted octanol–water partition coefficient (Wildman–Crippen LogP) is 3.96. The molecule has 1 aromatic heterocycles. The number of benzene rings is 1. The zero-order valence-electron chi connectivity index (χ0n) is 14.9. The first-order valence-electron chi connectivity index (χ1n) is 8.51. The summed E-state index contributed by atoms with van der Waals surface area (Å²) in [5.74, 6) is 0. The lowest BCUT2D eigenvalue weighted by Gasteiger charge is -2.29. The topological polar surface area (TPSA) is 51.7 Å². The van der Waals surface area contributed by atoms with Crippen LogP contribution in [0.1, 0.15) is 31.9 Å². The number of carbonyl (C=O) groups is 1. The Bertz CT molecular complexity index is 725. The Labute approximate surface area is 148 Å². The molecule has 0 saturated carbocycles. The van der Waals surface area contributed by atoms with Crippen molar-refractivity contribution in [2.24, 2.45) is 0 Å². The Morgan fingerprint density at radius 2 is 2.00 bits per heavy atom. The molecule has 1 aliphatic rings. The standard InChI is InChI=1S/C20H24N2O3/c1-20(2,3)25-19(23)22-17(11-16-9-10-21-12-18(16)22)14-24-13-15-7-5-4-6-8-15/h4-10,12,17H,11,13-14H2,1-3H3/t17-/m0/s1. The summed E-state index contributed by atoms with van der Waals surface area (Å²) in [6.07, 6.45) is 3.86. The van der Waals surface area contributed by atoms with Crippen LogP contribution in [0.5, 0.6) is 0 Å². The lowest BCUT2D eigenvalue weighted by Crippen LogP contribution is -2.43. The number of fused-ring (bicyclic) bond motifs is 1. The second-order valence-corrected chi connectivity index (χ2v) is 7.21. The van der Waals surface area contributed by atoms with Gasteiger partial charge in [0.05, 0.1) is 31.1 Å². The molecule has 0 fully saturated rings. The minimum Gasteiger partial charge on any atom is -0.443 e. The molecule has 2 aromatic rings. The van der Waals surface area contributed by atoms with Crippen LogP contribution in [-0.2, 0) is 22.5 Å². The fraction of sp³-hybridized carbons (Fsp3) is 0.400. The van der Waals surface area contributed by atoms with Crippen LogP contribution in [-0.4, -0.2) is 29.3 Å². The summed E-state index contributed by atoms with van der Waals surface area (Å²) in [4.78, 5) is 18.5. The average Bonchev–Trinajstić information content (AvgIpc) is 2.92. The molecule has 1 amide bonds. The fourth-order valence-corrected chi connectivity index (χ4v) is 2.93. The third-order valence-corrected chi connectivity index (χ3v) is 3.98. The van der Waals surface area contributed by atoms with Crippen molar-refractivity contribution in [2.75, 3.05) is 11.5 Å². The number of ether oxygens (including phenoxy) is 2. The molecular weight excluding hydrogens is 316 g/mol. The van der Waals surface area contributed by atoms with Crippen molar-refractivity contribution < 1.29 is 14.3 Å². The van der Waals surface area contributed by atoms with Gasteiger partial charge in [0.25, 0.3) is 0 Å². The van der Waals surface area contributed by atoms with Crippen LogP contribution < -0.4 is 4.90 Å². The van der Waals surface area contributed by atoms with Crippen LogP contribution in [0.25, 0.3) is 0 Å². The molecule has 2 heterocycles. The fourth-order valence-electron chi connectivity index (χ4n) is 2.93. The molecule has 25 heavy (non-hydrogen) atoms. The van der Waals surface area contributed by atoms with Gasteiger partial charge in [0.2, 0.25) is 0 Å². The SMILES string of the molecule is CC(C)(C)OC(=O)N1c2cnccc2C[C@H]1COCc1ccccc1. The molecule has 0 spiro atoms. The quantitative estimate of drug-likeness (QED) is 0.845. The third kappa shape index (κ3) is 4.37. The summed E-state index contributed by atoms with van der Waals surface area (Å²) < 4.78 is 11.5. The van der Waals surface area contributed by atoms with Crippen LogP contribution in [0, 0.1) is 0 Å². The number of hydrogen-bond acceptors (Lipinski definition) is 4. The summed E-state index contributed by atoms with van der Waals surface area (Å²) in [6.45, 7) is 6.57. The monoisotopic (exact) mass is 340 g/mol. The van der Waals surface area contributed by atoms with Crippen molar-refractivity contribution in [3.8, 4) is 0 Å². The second-order valence-electron chi connectivity index (χ2n) is 7.21. The summed E-state index contributed by atoms with van der Waals surface area (Å²) >= 11 is 0. The minimum atomic E-state index is -0.544. The number of aromatic nitrogens is 1. The van der Waals surface area contributed by atoms with Gasteiger partial charge in [-0.15, -0.1) is 0 Å². The second kappa shape index (κ2) is 7.23. The molecule has 0 saturated heterocycles. The lowest BCUT2D eigenvalue weighted by atomic mass is 10.1. The minimum absolute atomic E-state index is 0.0854. The molecule has 5 nitrogen and oxygen atoms in total. The van der Waals surface area contributed by atoms with Gasteiger partial charge in [-0.1, -0.05) is 30.3 Å². The Morgan fingerprint density at radius 3 is 2.72 bits per heavy atom. The number of amides is 1. The average molecular weight is 340 g/mol. The van der Waals surface area contributed by atoms with Gasteiger partial charge in [-0.3, -0.25) is 9.88 Å². The Hall–Kier alpha value is -2.40. The Balaban J connectivity index is 1.70. The van der Waals surface area contributed by atoms with Gasteiger partial charge in [-0.25, -0.2) is 4.79 Å². The van der Waals surface area contributed by atoms with Crippen molar-refractivity contribution >= 4 is 11.8 Å². The largest absolute Gasteiger partial charge is 0.443 e. The highest BCUT2D eigenvalue weighted by molar-refractivity contribution is 5.91. The smallest absolute Gasteiger partial charge is 0.415 e. The number of hydrogen-bond donors (Lipinski definition) is 0. The van der Waals surface area contributed by atoms with E-state index in [1.807, 2.05) is 57.2 Å². The number of pyridine rings is 1. The summed E-state index contributed by atoms with van der Waals surface area (Å²) in [5.41, 5.74) is 2.47. The first kappa shape index (κ1) is 17.4. The van der Waals surface area contributed by atoms with E-state index in [4.69, 9.17) is 9.47 Å². The summed E-state index contributed by atoms with van der Waals surface area (Å²) in [7, 11) is 0. The van der Waals surface area contributed by atoms with Gasteiger partial charge in [0.15, 0.2) is 0 Å². The lowest BCUT2D eigenvalue weighted by molar-refractivity contribution is 0.0522. The van der Waals surface area contributed by atoms with Gasteiger partial charge in [-0.2, -0.15) is 0 Å². The van der Waals surface area contributed by atoms with Crippen LogP contribution in [0.2, 0.25) is 0 Å². The Morgan fingerprint density at radius 1 is 1.24 bits per heavy atom. The van der Waals surface area contributed by atoms with Crippen molar-refractivity contribution in [1.29, 1.82) is 0 Å². The highest BCUT2D eigenvalue weighted by Gasteiger charge is 2.36. The van der Waals surface area contributed by atoms with E-state index in [0.717, 1.165) is 23.2 Å². The van der Waals surface area contributed by atoms with Crippen molar-refractivity contribution in [3.63, 3.8) is 0 Å². The first-order chi connectivity index (χ1) is 11.9. The molecule has 0 N–H and O–H groups in total. The summed E-state index contributed by atoms with van der Waals surface area (Å²) in [6, 6.07) is 11.9. The number of nitrogens with zero attached hydrogens (tertiary/aromatic N) is 2. The van der Waals surface area contributed by atoms with E-state index in [1.54, 1.807) is 17.3 Å². The predicted molar refractivity (Wildman–Crippen MR) is 96.5 cm³/mol. The number of carbonyl (C=O) groups excluding carboxylic acids is 1.